The zero-order chi connectivity index (χ0) is 53.3. The van der Waals surface area contributed by atoms with Crippen molar-refractivity contribution in [1.29, 1.82) is 0 Å². The number of aliphatic hydroxyl groups is 5. The number of methoxy groups -OCH3 is 3. The molecular formula is C58H86N2O13S2. The summed E-state index contributed by atoms with van der Waals surface area (Å²) in [5, 5.41) is 85.7. The van der Waals surface area contributed by atoms with Crippen molar-refractivity contribution in [3.05, 3.63) is 41.0 Å². The van der Waals surface area contributed by atoms with Crippen LogP contribution in [0.15, 0.2) is 24.3 Å². The Morgan fingerprint density at radius 1 is 0.920 bits per heavy atom. The van der Waals surface area contributed by atoms with Crippen molar-refractivity contribution in [2.45, 2.75) is 164 Å². The average Bonchev–Trinajstić information content (AvgIpc) is 3.81. The summed E-state index contributed by atoms with van der Waals surface area (Å²) < 4.78 is 29.2. The predicted octanol–water partition coefficient (Wildman–Crippen LogP) is 7.22. The molecule has 1 saturated heterocycles. The number of aliphatic hydroxyl groups excluding tert-OH is 5. The topological polar surface area (TPSA) is 229 Å². The van der Waals surface area contributed by atoms with Crippen LogP contribution in [0.25, 0.3) is 0 Å². The Bertz CT molecular complexity index is 2240. The molecule has 17 heteroatoms. The van der Waals surface area contributed by atoms with Crippen molar-refractivity contribution in [2.75, 3.05) is 60.2 Å². The molecule has 75 heavy (non-hydrogen) atoms. The molecule has 4 fully saturated rings. The van der Waals surface area contributed by atoms with Crippen LogP contribution in [0.4, 0.5) is 0 Å². The first-order chi connectivity index (χ1) is 36.3. The van der Waals surface area contributed by atoms with Crippen molar-refractivity contribution in [2.24, 2.45) is 46.3 Å². The molecule has 6 aliphatic rings. The van der Waals surface area contributed by atoms with E-state index in [-0.39, 0.29) is 94.2 Å². The van der Waals surface area contributed by atoms with Gasteiger partial charge in [0, 0.05) is 74.0 Å². The fourth-order valence-corrected chi connectivity index (χ4v) is 17.7. The molecule has 1 amide bonds. The second-order valence-corrected chi connectivity index (χ2v) is 25.4. The van der Waals surface area contributed by atoms with Gasteiger partial charge < -0.3 is 70.1 Å². The maximum absolute atomic E-state index is 12.8. The van der Waals surface area contributed by atoms with E-state index in [2.05, 4.69) is 29.4 Å². The minimum atomic E-state index is -1.04. The zero-order valence-electron chi connectivity index (χ0n) is 44.7. The first-order valence-corrected chi connectivity index (χ1v) is 30.3. The summed E-state index contributed by atoms with van der Waals surface area (Å²) in [6.45, 7) is 4.09. The average molecular weight is 1080 g/mol. The van der Waals surface area contributed by atoms with Gasteiger partial charge in [0.1, 0.15) is 6.79 Å². The molecular weight excluding hydrogens is 997 g/mol. The zero-order valence-corrected chi connectivity index (χ0v) is 46.3. The lowest BCUT2D eigenvalue weighted by Crippen LogP contribution is -2.62. The number of nitrogens with one attached hydrogen (secondary N) is 2. The van der Waals surface area contributed by atoms with Gasteiger partial charge in [-0.15, -0.1) is 5.92 Å². The standard InChI is InChI=1S/C58H86N2O13S2/c1-35-9-14-45-38(25-47(63)43-29-55(67)60-46(43)8-7-21-69-2)15-18-57-31-41(13-11-39(57)32-59-19-6-5-17-58(45,57)30-35)73-51-26-37-10-12-40(72-34-62)27-48(64)44(22-36-23-52(70-3)56(68)53(24-36)71-4)50(66)33-74-75-54(16-20-61)42(37)28-49(51)65/h23-24,26,28,35,38-41,43-48,50,54,59,61-66,68H,6-16,18-22,25,27,29-34H2,1-4H3,(H,60,67)/t35-,38-,39+,40-,41-,43+,44-,45-,46+,47+,48+,50-,54-,57-,58-/m0/s1. The number of fused-ring (bicyclic) bond motifs is 1. The molecule has 0 aromatic heterocycles. The minimum Gasteiger partial charge on any atom is -0.504 e. The third kappa shape index (κ3) is 13.1. The molecule has 15 nitrogen and oxygen atoms in total. The highest BCUT2D eigenvalue weighted by molar-refractivity contribution is 8.76. The van der Waals surface area contributed by atoms with Crippen LogP contribution >= 0.6 is 21.6 Å². The molecule has 3 aliphatic heterocycles. The number of aromatic hydroxyl groups is 2. The quantitative estimate of drug-likeness (QED) is 0.0330. The number of amides is 1. The van der Waals surface area contributed by atoms with Gasteiger partial charge in [-0.05, 0) is 173 Å². The second-order valence-electron chi connectivity index (χ2n) is 22.8. The summed E-state index contributed by atoms with van der Waals surface area (Å²) >= 11 is 0. The molecule has 0 radical (unpaired) electrons. The van der Waals surface area contributed by atoms with Crippen LogP contribution in [0, 0.1) is 58.2 Å². The lowest BCUT2D eigenvalue weighted by atomic mass is 9.38. The number of carbonyl (C=O) groups excluding carboxylic acids is 1. The van der Waals surface area contributed by atoms with E-state index >= 15 is 0 Å². The van der Waals surface area contributed by atoms with Gasteiger partial charge in [0.25, 0.3) is 0 Å². The van der Waals surface area contributed by atoms with Crippen molar-refractivity contribution in [3.63, 3.8) is 0 Å². The van der Waals surface area contributed by atoms with E-state index in [4.69, 9.17) is 23.7 Å². The predicted molar refractivity (Wildman–Crippen MR) is 291 cm³/mol. The summed E-state index contributed by atoms with van der Waals surface area (Å²) in [5.74, 6) is 9.41. The summed E-state index contributed by atoms with van der Waals surface area (Å²) in [6.07, 6.45) is 9.29. The Morgan fingerprint density at radius 2 is 1.72 bits per heavy atom. The SMILES string of the molecule is COCCC[C@H]1NC(=O)C[C@H]1[C@H](O)C[C@@H]1CC[C@]23C[C@@H](Oc4cc5c(cc4O)[C@H](CCO)SSC[C@H](O)[C@@H](Cc4cc(OC)c(O)c(OC)c4)[C@H](O)C[C@@H](OCO)CC5)CC[C@@H]2CNCCC#C[C@@]32C[C@@H](C)CC[C@@H]12. The second kappa shape index (κ2) is 26.7. The van der Waals surface area contributed by atoms with Crippen LogP contribution in [0.1, 0.15) is 132 Å². The molecule has 0 unspecified atom stereocenters. The molecule has 3 aliphatic carbocycles. The number of phenolic OH excluding ortho intramolecular Hbond substituents is 2. The Labute approximate surface area is 452 Å². The number of aryl methyl sites for hydroxylation is 1. The Balaban J connectivity index is 1.06. The van der Waals surface area contributed by atoms with Crippen molar-refractivity contribution in [1.82, 2.24) is 10.6 Å². The number of carbonyl (C=O) groups is 1. The number of rotatable bonds is 17. The van der Waals surface area contributed by atoms with Crippen LogP contribution in [0.3, 0.4) is 0 Å². The summed E-state index contributed by atoms with van der Waals surface area (Å²) in [4.78, 5) is 12.8. The fraction of sp³-hybridized carbons (Fsp3) is 0.741. The highest BCUT2D eigenvalue weighted by Crippen LogP contribution is 2.69. The van der Waals surface area contributed by atoms with Gasteiger partial charge >= 0.3 is 0 Å². The largest absolute Gasteiger partial charge is 0.504 e. The summed E-state index contributed by atoms with van der Waals surface area (Å²) in [5.41, 5.74) is 1.99. The van der Waals surface area contributed by atoms with Crippen LogP contribution in [0.2, 0.25) is 0 Å². The normalized spacial score (nSPS) is 34.8. The van der Waals surface area contributed by atoms with E-state index < -0.39 is 37.1 Å². The third-order valence-electron chi connectivity index (χ3n) is 18.4. The molecule has 3 heterocycles. The van der Waals surface area contributed by atoms with E-state index in [0.29, 0.717) is 67.8 Å². The van der Waals surface area contributed by atoms with E-state index in [9.17, 15) is 40.5 Å². The molecule has 418 valence electrons. The molecule has 2 aromatic carbocycles. The number of ether oxygens (including phenoxy) is 5. The van der Waals surface area contributed by atoms with Gasteiger partial charge in [0.2, 0.25) is 11.7 Å². The molecule has 9 N–H and O–H groups in total. The van der Waals surface area contributed by atoms with Gasteiger partial charge in [-0.2, -0.15) is 0 Å². The van der Waals surface area contributed by atoms with Crippen LogP contribution < -0.4 is 24.8 Å². The van der Waals surface area contributed by atoms with E-state index in [1.54, 1.807) is 25.3 Å². The van der Waals surface area contributed by atoms with Gasteiger partial charge in [-0.1, -0.05) is 40.9 Å². The van der Waals surface area contributed by atoms with Crippen LogP contribution in [0.5, 0.6) is 28.7 Å². The maximum Gasteiger partial charge on any atom is 0.220 e. The van der Waals surface area contributed by atoms with Gasteiger partial charge in [0.15, 0.2) is 23.0 Å². The third-order valence-corrected chi connectivity index (χ3v) is 21.3. The van der Waals surface area contributed by atoms with Gasteiger partial charge in [-0.25, -0.2) is 0 Å². The molecule has 2 spiro atoms. The molecule has 8 rings (SSSR count). The Morgan fingerprint density at radius 3 is 2.47 bits per heavy atom. The Hall–Kier alpha value is -3.15. The first-order valence-electron chi connectivity index (χ1n) is 27.9. The first kappa shape index (κ1) is 58.0. The number of hydrogen-bond acceptors (Lipinski definition) is 16. The molecule has 3 saturated carbocycles. The number of hydrogen-bond donors (Lipinski definition) is 9. The fourth-order valence-electron chi connectivity index (χ4n) is 14.8. The minimum absolute atomic E-state index is 0.0191. The monoisotopic (exact) mass is 1080 g/mol. The lowest BCUT2D eigenvalue weighted by Gasteiger charge is -2.65. The van der Waals surface area contributed by atoms with Gasteiger partial charge in [-0.3, -0.25) is 4.79 Å². The van der Waals surface area contributed by atoms with E-state index in [0.717, 1.165) is 94.8 Å². The number of phenols is 2. The molecule has 2 aromatic rings. The number of benzene rings is 2. The maximum atomic E-state index is 12.8. The van der Waals surface area contributed by atoms with Crippen molar-refractivity contribution >= 4 is 27.5 Å². The smallest absolute Gasteiger partial charge is 0.220 e. The van der Waals surface area contributed by atoms with Crippen LogP contribution in [-0.4, -0.2) is 138 Å². The van der Waals surface area contributed by atoms with E-state index in [1.807, 2.05) is 6.07 Å². The van der Waals surface area contributed by atoms with E-state index in [1.165, 1.54) is 35.8 Å². The van der Waals surface area contributed by atoms with Crippen molar-refractivity contribution in [3.8, 4) is 40.6 Å². The molecule has 0 bridgehead atoms. The Kier molecular flexibility index (Phi) is 20.6. The summed E-state index contributed by atoms with van der Waals surface area (Å²) in [7, 11) is 7.55. The highest BCUT2D eigenvalue weighted by atomic mass is 33.1. The lowest BCUT2D eigenvalue weighted by molar-refractivity contribution is -0.160. The molecule has 15 atom stereocenters. The van der Waals surface area contributed by atoms with Crippen LogP contribution in [-0.2, 0) is 27.1 Å². The highest BCUT2D eigenvalue weighted by Gasteiger charge is 2.65. The van der Waals surface area contributed by atoms with Gasteiger partial charge in [0.05, 0.1) is 44.7 Å². The van der Waals surface area contributed by atoms with Crippen molar-refractivity contribution < 1.29 is 64.2 Å². The summed E-state index contributed by atoms with van der Waals surface area (Å²) in [6, 6.07) is 7.02.